The third-order valence-electron chi connectivity index (χ3n) is 5.11. The van der Waals surface area contributed by atoms with Crippen molar-refractivity contribution in [2.75, 3.05) is 30.8 Å². The molecule has 0 aliphatic carbocycles. The van der Waals surface area contributed by atoms with Gasteiger partial charge in [-0.2, -0.15) is 5.26 Å². The number of aromatic nitrogens is 1. The minimum atomic E-state index is -0.336. The van der Waals surface area contributed by atoms with Crippen molar-refractivity contribution in [1.29, 1.82) is 5.26 Å². The number of halogens is 3. The lowest BCUT2D eigenvalue weighted by atomic mass is 10.1. The summed E-state index contributed by atoms with van der Waals surface area (Å²) in [5.74, 6) is -0.336. The van der Waals surface area contributed by atoms with Gasteiger partial charge in [-0.05, 0) is 61.6 Å². The molecule has 0 aliphatic rings. The molecule has 0 saturated heterocycles. The molecular weight excluding hydrogens is 525 g/mol. The van der Waals surface area contributed by atoms with E-state index in [9.17, 15) is 10.1 Å². The Kier molecular flexibility index (Phi) is 8.11. The van der Waals surface area contributed by atoms with Gasteiger partial charge in [-0.1, -0.05) is 46.6 Å². The van der Waals surface area contributed by atoms with Crippen LogP contribution in [0.3, 0.4) is 0 Å². The third kappa shape index (κ3) is 6.04. The van der Waals surface area contributed by atoms with Crippen LogP contribution in [-0.2, 0) is 0 Å². The second-order valence-electron chi connectivity index (χ2n) is 7.58. The number of anilines is 2. The molecule has 178 valence electrons. The number of benzene rings is 3. The largest absolute Gasteiger partial charge is 0.383 e. The Morgan fingerprint density at radius 3 is 2.57 bits per heavy atom. The molecule has 35 heavy (non-hydrogen) atoms. The second kappa shape index (κ2) is 11.3. The first kappa shape index (κ1) is 25.2. The summed E-state index contributed by atoms with van der Waals surface area (Å²) in [5, 5.41) is 21.0. The number of amides is 1. The van der Waals surface area contributed by atoms with E-state index in [1.807, 2.05) is 19.2 Å². The molecule has 6 nitrogen and oxygen atoms in total. The molecule has 0 atom stereocenters. The standard InChI is InChI=1S/C25H20Cl3N5OS/c1-30-6-7-31-20-4-3-17(8-14(20)13-29)32-25(34)22-12-18-21(33-22)10-16(27)11-24(18)35-23-5-2-15(26)9-19(23)28/h2-5,8-12,30-31,33H,6-7H2,1H3,(H,32,34). The third-order valence-corrected chi connectivity index (χ3v) is 7.12. The molecule has 0 radical (unpaired) electrons. The molecular formula is C25H20Cl3N5OS. The van der Waals surface area contributed by atoms with E-state index in [2.05, 4.69) is 27.0 Å². The van der Waals surface area contributed by atoms with Crippen molar-refractivity contribution < 1.29 is 4.79 Å². The lowest BCUT2D eigenvalue weighted by Crippen LogP contribution is -2.18. The van der Waals surface area contributed by atoms with E-state index in [0.29, 0.717) is 44.2 Å². The van der Waals surface area contributed by atoms with Crippen molar-refractivity contribution in [3.63, 3.8) is 0 Å². The summed E-state index contributed by atoms with van der Waals surface area (Å²) >= 11 is 20.1. The highest BCUT2D eigenvalue weighted by atomic mass is 35.5. The van der Waals surface area contributed by atoms with E-state index in [-0.39, 0.29) is 5.91 Å². The van der Waals surface area contributed by atoms with Crippen LogP contribution in [0.4, 0.5) is 11.4 Å². The SMILES string of the molecule is CNCCNc1ccc(NC(=O)c2cc3c(Sc4ccc(Cl)cc4Cl)cc(Cl)cc3[nH]2)cc1C#N. The number of hydrogen-bond acceptors (Lipinski definition) is 5. The highest BCUT2D eigenvalue weighted by molar-refractivity contribution is 7.99. The number of nitriles is 1. The minimum Gasteiger partial charge on any atom is -0.383 e. The van der Waals surface area contributed by atoms with E-state index in [4.69, 9.17) is 34.8 Å². The number of carbonyl (C=O) groups excluding carboxylic acids is 1. The van der Waals surface area contributed by atoms with Gasteiger partial charge >= 0.3 is 0 Å². The Balaban J connectivity index is 1.58. The number of carbonyl (C=O) groups is 1. The zero-order valence-electron chi connectivity index (χ0n) is 18.5. The topological polar surface area (TPSA) is 92.7 Å². The van der Waals surface area contributed by atoms with E-state index in [1.165, 1.54) is 11.8 Å². The van der Waals surface area contributed by atoms with Crippen LogP contribution in [0.15, 0.2) is 64.4 Å². The zero-order chi connectivity index (χ0) is 24.9. The van der Waals surface area contributed by atoms with E-state index in [0.717, 1.165) is 27.2 Å². The number of nitrogens with one attached hydrogen (secondary N) is 4. The Morgan fingerprint density at radius 2 is 1.83 bits per heavy atom. The average Bonchev–Trinajstić information content (AvgIpc) is 3.26. The molecule has 0 aliphatic heterocycles. The van der Waals surface area contributed by atoms with Crippen molar-refractivity contribution in [1.82, 2.24) is 10.3 Å². The average molecular weight is 545 g/mol. The fourth-order valence-electron chi connectivity index (χ4n) is 3.44. The van der Waals surface area contributed by atoms with Crippen molar-refractivity contribution in [2.45, 2.75) is 9.79 Å². The van der Waals surface area contributed by atoms with Crippen molar-refractivity contribution in [3.8, 4) is 6.07 Å². The Morgan fingerprint density at radius 1 is 1.00 bits per heavy atom. The van der Waals surface area contributed by atoms with Crippen LogP contribution in [0.25, 0.3) is 10.9 Å². The quantitative estimate of drug-likeness (QED) is 0.179. The maximum Gasteiger partial charge on any atom is 0.272 e. The first-order valence-electron chi connectivity index (χ1n) is 10.6. The van der Waals surface area contributed by atoms with Gasteiger partial charge in [0, 0.05) is 49.5 Å². The molecule has 1 heterocycles. The Hall–Kier alpha value is -2.86. The molecule has 1 amide bonds. The number of H-pyrrole nitrogens is 1. The van der Waals surface area contributed by atoms with Gasteiger partial charge in [0.25, 0.3) is 5.91 Å². The van der Waals surface area contributed by atoms with Gasteiger partial charge in [0.1, 0.15) is 11.8 Å². The zero-order valence-corrected chi connectivity index (χ0v) is 21.6. The molecule has 0 spiro atoms. The molecule has 0 fully saturated rings. The van der Waals surface area contributed by atoms with Crippen LogP contribution in [0.2, 0.25) is 15.1 Å². The number of hydrogen-bond donors (Lipinski definition) is 4. The minimum absolute atomic E-state index is 0.336. The van der Waals surface area contributed by atoms with Crippen LogP contribution in [0.1, 0.15) is 16.1 Å². The van der Waals surface area contributed by atoms with E-state index >= 15 is 0 Å². The normalized spacial score (nSPS) is 10.8. The predicted octanol–water partition coefficient (Wildman–Crippen LogP) is 7.03. The number of aromatic amines is 1. The first-order chi connectivity index (χ1) is 16.9. The summed E-state index contributed by atoms with van der Waals surface area (Å²) < 4.78 is 0. The maximum absolute atomic E-state index is 13.0. The summed E-state index contributed by atoms with van der Waals surface area (Å²) in [7, 11) is 1.86. The molecule has 1 aromatic heterocycles. The number of likely N-dealkylation sites (N-methyl/N-ethyl adjacent to an activating group) is 1. The lowest BCUT2D eigenvalue weighted by molar-refractivity contribution is 0.102. The summed E-state index contributed by atoms with van der Waals surface area (Å²) in [4.78, 5) is 17.8. The summed E-state index contributed by atoms with van der Waals surface area (Å²) in [6.45, 7) is 1.44. The Bertz CT molecular complexity index is 1450. The predicted molar refractivity (Wildman–Crippen MR) is 145 cm³/mol. The van der Waals surface area contributed by atoms with Gasteiger partial charge in [-0.15, -0.1) is 0 Å². The summed E-state index contributed by atoms with van der Waals surface area (Å²) in [6.07, 6.45) is 0. The summed E-state index contributed by atoms with van der Waals surface area (Å²) in [6, 6.07) is 18.0. The maximum atomic E-state index is 13.0. The molecule has 10 heteroatoms. The van der Waals surface area contributed by atoms with Gasteiger partial charge < -0.3 is 20.9 Å². The van der Waals surface area contributed by atoms with Crippen LogP contribution < -0.4 is 16.0 Å². The molecule has 4 N–H and O–H groups in total. The van der Waals surface area contributed by atoms with Gasteiger partial charge in [-0.3, -0.25) is 4.79 Å². The van der Waals surface area contributed by atoms with Gasteiger partial charge in [-0.25, -0.2) is 0 Å². The van der Waals surface area contributed by atoms with Gasteiger partial charge in [0.15, 0.2) is 0 Å². The van der Waals surface area contributed by atoms with Crippen molar-refractivity contribution >= 4 is 74.7 Å². The molecule has 4 aromatic rings. The number of fused-ring (bicyclic) bond motifs is 1. The van der Waals surface area contributed by atoms with E-state index in [1.54, 1.807) is 42.5 Å². The lowest BCUT2D eigenvalue weighted by Gasteiger charge is -2.10. The molecule has 0 bridgehead atoms. The van der Waals surface area contributed by atoms with Crippen molar-refractivity contribution in [3.05, 3.63) is 80.9 Å². The second-order valence-corrected chi connectivity index (χ2v) is 9.95. The number of nitrogens with zero attached hydrogens (tertiary/aromatic N) is 1. The van der Waals surface area contributed by atoms with Gasteiger partial charge in [0.05, 0.1) is 16.3 Å². The van der Waals surface area contributed by atoms with Crippen LogP contribution >= 0.6 is 46.6 Å². The summed E-state index contributed by atoms with van der Waals surface area (Å²) in [5.41, 5.74) is 2.76. The molecule has 3 aromatic carbocycles. The first-order valence-corrected chi connectivity index (χ1v) is 12.5. The molecule has 0 saturated carbocycles. The number of rotatable bonds is 8. The van der Waals surface area contributed by atoms with Crippen LogP contribution in [-0.4, -0.2) is 31.0 Å². The van der Waals surface area contributed by atoms with Gasteiger partial charge in [0.2, 0.25) is 0 Å². The fourth-order valence-corrected chi connectivity index (χ4v) is 5.24. The Labute approximate surface area is 221 Å². The highest BCUT2D eigenvalue weighted by Gasteiger charge is 2.15. The smallest absolute Gasteiger partial charge is 0.272 e. The van der Waals surface area contributed by atoms with Crippen LogP contribution in [0.5, 0.6) is 0 Å². The molecule has 4 rings (SSSR count). The molecule has 0 unspecified atom stereocenters. The monoisotopic (exact) mass is 543 g/mol. The van der Waals surface area contributed by atoms with E-state index < -0.39 is 0 Å². The highest BCUT2D eigenvalue weighted by Crippen LogP contribution is 2.40. The van der Waals surface area contributed by atoms with Crippen LogP contribution in [0, 0.1) is 11.3 Å². The van der Waals surface area contributed by atoms with Crippen molar-refractivity contribution in [2.24, 2.45) is 0 Å². The fraction of sp³-hybridized carbons (Fsp3) is 0.120.